The molecule has 1 saturated carbocycles. The second-order valence-electron chi connectivity index (χ2n) is 7.47. The lowest BCUT2D eigenvalue weighted by atomic mass is 9.97. The average Bonchev–Trinajstić information content (AvgIpc) is 3.23. The lowest BCUT2D eigenvalue weighted by Gasteiger charge is -2.23. The molecule has 1 unspecified atom stereocenters. The lowest BCUT2D eigenvalue weighted by Crippen LogP contribution is -2.52. The zero-order valence-corrected chi connectivity index (χ0v) is 14.8. The molecule has 24 heavy (non-hydrogen) atoms. The van der Waals surface area contributed by atoms with Crippen LogP contribution in [-0.4, -0.2) is 41.0 Å². The van der Waals surface area contributed by atoms with Gasteiger partial charge in [-0.15, -0.1) is 0 Å². The van der Waals surface area contributed by atoms with E-state index in [4.69, 9.17) is 5.73 Å². The van der Waals surface area contributed by atoms with E-state index in [0.717, 1.165) is 70.4 Å². The summed E-state index contributed by atoms with van der Waals surface area (Å²) < 4.78 is 0. The summed E-state index contributed by atoms with van der Waals surface area (Å²) in [5, 5.41) is 3.10. The first kappa shape index (κ1) is 17.4. The van der Waals surface area contributed by atoms with Gasteiger partial charge in [0.1, 0.15) is 0 Å². The van der Waals surface area contributed by atoms with Crippen LogP contribution in [0.4, 0.5) is 0 Å². The van der Waals surface area contributed by atoms with Gasteiger partial charge in [-0.1, -0.05) is 25.8 Å². The predicted molar refractivity (Wildman–Crippen MR) is 95.4 cm³/mol. The topological polar surface area (TPSA) is 71.2 Å². The fourth-order valence-electron chi connectivity index (χ4n) is 3.86. The number of carbonyl (C=O) groups excluding carboxylic acids is 1. The molecule has 2 heterocycles. The summed E-state index contributed by atoms with van der Waals surface area (Å²) in [6, 6.07) is 4.30. The van der Waals surface area contributed by atoms with E-state index in [0.29, 0.717) is 5.92 Å². The van der Waals surface area contributed by atoms with Crippen molar-refractivity contribution in [3.63, 3.8) is 0 Å². The smallest absolute Gasteiger partial charge is 0.240 e. The van der Waals surface area contributed by atoms with Crippen molar-refractivity contribution in [3.05, 3.63) is 29.6 Å². The number of hydrogen-bond donors (Lipinski definition) is 2. The summed E-state index contributed by atoms with van der Waals surface area (Å²) in [4.78, 5) is 19.3. The Morgan fingerprint density at radius 3 is 2.88 bits per heavy atom. The summed E-state index contributed by atoms with van der Waals surface area (Å²) in [5.41, 5.74) is 8.01. The molecule has 1 aromatic heterocycles. The zero-order chi connectivity index (χ0) is 17.0. The third kappa shape index (κ3) is 4.14. The van der Waals surface area contributed by atoms with Crippen molar-refractivity contribution in [1.29, 1.82) is 0 Å². The first-order valence-electron chi connectivity index (χ1n) is 9.32. The molecule has 3 rings (SSSR count). The summed E-state index contributed by atoms with van der Waals surface area (Å²) in [6.07, 6.45) is 7.94. The van der Waals surface area contributed by atoms with Gasteiger partial charge < -0.3 is 11.1 Å². The van der Waals surface area contributed by atoms with Crippen LogP contribution in [0.1, 0.15) is 50.3 Å². The Kier molecular flexibility index (Phi) is 5.51. The number of aryl methyl sites for hydroxylation is 1. The summed E-state index contributed by atoms with van der Waals surface area (Å²) in [5.74, 6) is 0.573. The molecule has 2 fully saturated rings. The van der Waals surface area contributed by atoms with Crippen LogP contribution in [0.5, 0.6) is 0 Å². The monoisotopic (exact) mass is 330 g/mol. The summed E-state index contributed by atoms with van der Waals surface area (Å²) in [6.45, 7) is 5.89. The molecule has 3 N–H and O–H groups in total. The number of likely N-dealkylation sites (tertiary alicyclic amines) is 1. The molecule has 1 atom stereocenters. The van der Waals surface area contributed by atoms with Crippen LogP contribution in [-0.2, 0) is 17.8 Å². The molecule has 0 aromatic carbocycles. The Bertz CT molecular complexity index is 551. The number of nitrogens with zero attached hydrogens (tertiary/aromatic N) is 2. The SMILES string of the molecule is CCc1ccc(CN2CCC(CNC(=O)C3(N)CCCC3)C2)nc1. The Balaban J connectivity index is 1.42. The molecule has 1 aliphatic carbocycles. The number of amides is 1. The predicted octanol–water partition coefficient (Wildman–Crippen LogP) is 1.85. The van der Waals surface area contributed by atoms with E-state index in [9.17, 15) is 4.79 Å². The maximum Gasteiger partial charge on any atom is 0.240 e. The fraction of sp³-hybridized carbons (Fsp3) is 0.684. The number of nitrogens with two attached hydrogens (primary N) is 1. The van der Waals surface area contributed by atoms with Gasteiger partial charge in [0.15, 0.2) is 0 Å². The molecule has 0 radical (unpaired) electrons. The first-order chi connectivity index (χ1) is 11.6. The minimum absolute atomic E-state index is 0.0512. The van der Waals surface area contributed by atoms with E-state index in [1.807, 2.05) is 6.20 Å². The summed E-state index contributed by atoms with van der Waals surface area (Å²) >= 11 is 0. The molecule has 2 aliphatic rings. The third-order valence-electron chi connectivity index (χ3n) is 5.55. The van der Waals surface area contributed by atoms with Gasteiger partial charge in [-0.05, 0) is 49.8 Å². The van der Waals surface area contributed by atoms with E-state index in [1.54, 1.807) is 0 Å². The van der Waals surface area contributed by atoms with Gasteiger partial charge in [0.25, 0.3) is 0 Å². The van der Waals surface area contributed by atoms with Crippen molar-refractivity contribution in [2.24, 2.45) is 11.7 Å². The summed E-state index contributed by atoms with van der Waals surface area (Å²) in [7, 11) is 0. The minimum atomic E-state index is -0.608. The highest BCUT2D eigenvalue weighted by molar-refractivity contribution is 5.86. The zero-order valence-electron chi connectivity index (χ0n) is 14.8. The largest absolute Gasteiger partial charge is 0.354 e. The van der Waals surface area contributed by atoms with Gasteiger partial charge in [-0.25, -0.2) is 0 Å². The van der Waals surface area contributed by atoms with Crippen molar-refractivity contribution < 1.29 is 4.79 Å². The Hall–Kier alpha value is -1.46. The number of hydrogen-bond acceptors (Lipinski definition) is 4. The maximum absolute atomic E-state index is 12.3. The average molecular weight is 330 g/mol. The first-order valence-corrected chi connectivity index (χ1v) is 9.32. The van der Waals surface area contributed by atoms with Crippen LogP contribution >= 0.6 is 0 Å². The number of nitrogens with one attached hydrogen (secondary N) is 1. The van der Waals surface area contributed by atoms with Crippen LogP contribution in [0.25, 0.3) is 0 Å². The van der Waals surface area contributed by atoms with Crippen LogP contribution in [0.3, 0.4) is 0 Å². The highest BCUT2D eigenvalue weighted by Crippen LogP contribution is 2.27. The van der Waals surface area contributed by atoms with Crippen LogP contribution in [0.15, 0.2) is 18.3 Å². The molecule has 5 heteroatoms. The third-order valence-corrected chi connectivity index (χ3v) is 5.55. The standard InChI is InChI=1S/C19H30N4O/c1-2-15-5-6-17(21-11-15)14-23-10-7-16(13-23)12-22-18(24)19(20)8-3-4-9-19/h5-6,11,16H,2-4,7-10,12-14,20H2,1H3,(H,22,24). The normalized spacial score (nSPS) is 23.5. The van der Waals surface area contributed by atoms with Crippen molar-refractivity contribution in [3.8, 4) is 0 Å². The van der Waals surface area contributed by atoms with E-state index < -0.39 is 5.54 Å². The second-order valence-corrected chi connectivity index (χ2v) is 7.47. The highest BCUT2D eigenvalue weighted by Gasteiger charge is 2.37. The molecule has 5 nitrogen and oxygen atoms in total. The van der Waals surface area contributed by atoms with Gasteiger partial charge in [0, 0.05) is 25.8 Å². The Labute approximate surface area is 145 Å². The minimum Gasteiger partial charge on any atom is -0.354 e. The van der Waals surface area contributed by atoms with Gasteiger partial charge in [-0.2, -0.15) is 0 Å². The molecule has 1 aliphatic heterocycles. The molecule has 132 valence electrons. The molecule has 1 aromatic rings. The number of aromatic nitrogens is 1. The van der Waals surface area contributed by atoms with Gasteiger partial charge in [0.05, 0.1) is 11.2 Å². The van der Waals surface area contributed by atoms with Crippen LogP contribution < -0.4 is 11.1 Å². The van der Waals surface area contributed by atoms with E-state index in [2.05, 4.69) is 34.3 Å². The number of carbonyl (C=O) groups is 1. The molecule has 0 bridgehead atoms. The quantitative estimate of drug-likeness (QED) is 0.835. The maximum atomic E-state index is 12.3. The number of pyridine rings is 1. The highest BCUT2D eigenvalue weighted by atomic mass is 16.2. The second kappa shape index (κ2) is 7.62. The lowest BCUT2D eigenvalue weighted by molar-refractivity contribution is -0.126. The molecular weight excluding hydrogens is 300 g/mol. The molecular formula is C19H30N4O. The Morgan fingerprint density at radius 2 is 2.21 bits per heavy atom. The van der Waals surface area contributed by atoms with Crippen molar-refractivity contribution in [2.75, 3.05) is 19.6 Å². The fourth-order valence-corrected chi connectivity index (χ4v) is 3.86. The Morgan fingerprint density at radius 1 is 1.42 bits per heavy atom. The molecule has 0 spiro atoms. The van der Waals surface area contributed by atoms with Crippen molar-refractivity contribution >= 4 is 5.91 Å². The van der Waals surface area contributed by atoms with Crippen LogP contribution in [0, 0.1) is 5.92 Å². The van der Waals surface area contributed by atoms with E-state index in [-0.39, 0.29) is 5.91 Å². The van der Waals surface area contributed by atoms with E-state index in [1.165, 1.54) is 5.56 Å². The molecule has 1 amide bonds. The van der Waals surface area contributed by atoms with Crippen LogP contribution in [0.2, 0.25) is 0 Å². The van der Waals surface area contributed by atoms with E-state index >= 15 is 0 Å². The van der Waals surface area contributed by atoms with Crippen molar-refractivity contribution in [2.45, 2.75) is 57.5 Å². The van der Waals surface area contributed by atoms with Gasteiger partial charge in [-0.3, -0.25) is 14.7 Å². The number of rotatable bonds is 6. The van der Waals surface area contributed by atoms with Crippen molar-refractivity contribution in [1.82, 2.24) is 15.2 Å². The van der Waals surface area contributed by atoms with Gasteiger partial charge in [0.2, 0.25) is 5.91 Å². The molecule has 1 saturated heterocycles. The van der Waals surface area contributed by atoms with Gasteiger partial charge >= 0.3 is 0 Å².